The number of nitrogens with zero attached hydrogens (tertiary/aromatic N) is 1. The maximum atomic E-state index is 2.65. The van der Waals surface area contributed by atoms with Crippen LogP contribution in [0, 0.1) is 0 Å². The van der Waals surface area contributed by atoms with Crippen molar-refractivity contribution in [1.82, 2.24) is 0 Å². The predicted molar refractivity (Wildman–Crippen MR) is 84.3 cm³/mol. The molecule has 1 saturated heterocycles. The van der Waals surface area contributed by atoms with Crippen molar-refractivity contribution in [2.45, 2.75) is 37.6 Å². The van der Waals surface area contributed by atoms with Gasteiger partial charge in [-0.1, -0.05) is 42.5 Å². The molecule has 0 aromatic heterocycles. The van der Waals surface area contributed by atoms with Crippen LogP contribution >= 0.6 is 0 Å². The highest BCUT2D eigenvalue weighted by molar-refractivity contribution is 5.50. The molecule has 102 valence electrons. The molecule has 0 bridgehead atoms. The van der Waals surface area contributed by atoms with E-state index in [-0.39, 0.29) is 0 Å². The fraction of sp³-hybridized carbons (Fsp3) is 0.368. The maximum Gasteiger partial charge on any atom is 0.0368 e. The molecule has 20 heavy (non-hydrogen) atoms. The number of fused-ring (bicyclic) bond motifs is 1. The minimum atomic E-state index is 0.695. The number of hydrogen-bond acceptors (Lipinski definition) is 1. The van der Waals surface area contributed by atoms with E-state index < -0.39 is 0 Å². The number of benzene rings is 2. The highest BCUT2D eigenvalue weighted by Crippen LogP contribution is 2.42. The Morgan fingerprint density at radius 3 is 2.55 bits per heavy atom. The van der Waals surface area contributed by atoms with E-state index in [9.17, 15) is 0 Å². The second-order valence-corrected chi connectivity index (χ2v) is 6.08. The Labute approximate surface area is 121 Å². The van der Waals surface area contributed by atoms with Gasteiger partial charge in [-0.2, -0.15) is 0 Å². The molecule has 1 heterocycles. The van der Waals surface area contributed by atoms with Crippen molar-refractivity contribution >= 4 is 5.69 Å². The van der Waals surface area contributed by atoms with Gasteiger partial charge in [0.05, 0.1) is 0 Å². The lowest BCUT2D eigenvalue weighted by molar-refractivity contribution is 0.526. The van der Waals surface area contributed by atoms with E-state index in [0.717, 1.165) is 5.92 Å². The Morgan fingerprint density at radius 2 is 1.65 bits per heavy atom. The van der Waals surface area contributed by atoms with Crippen LogP contribution in [0.4, 0.5) is 5.69 Å². The summed E-state index contributed by atoms with van der Waals surface area (Å²) in [7, 11) is 0. The monoisotopic (exact) mass is 263 g/mol. The molecule has 1 fully saturated rings. The second kappa shape index (κ2) is 4.97. The third kappa shape index (κ3) is 1.93. The highest BCUT2D eigenvalue weighted by atomic mass is 15.2. The Morgan fingerprint density at radius 1 is 0.850 bits per heavy atom. The van der Waals surface area contributed by atoms with Gasteiger partial charge >= 0.3 is 0 Å². The lowest BCUT2D eigenvalue weighted by atomic mass is 9.91. The number of para-hydroxylation sites is 1. The summed E-state index contributed by atoms with van der Waals surface area (Å²) in [5, 5.41) is 0. The van der Waals surface area contributed by atoms with E-state index in [2.05, 4.69) is 59.5 Å². The van der Waals surface area contributed by atoms with Gasteiger partial charge in [0.15, 0.2) is 0 Å². The molecule has 2 aliphatic rings. The van der Waals surface area contributed by atoms with Crippen LogP contribution in [0.5, 0.6) is 0 Å². The van der Waals surface area contributed by atoms with E-state index >= 15 is 0 Å². The summed E-state index contributed by atoms with van der Waals surface area (Å²) < 4.78 is 0. The lowest BCUT2D eigenvalue weighted by Gasteiger charge is -2.32. The quantitative estimate of drug-likeness (QED) is 0.777. The molecule has 4 rings (SSSR count). The Hall–Kier alpha value is -1.76. The average Bonchev–Trinajstić information content (AvgIpc) is 3.14. The van der Waals surface area contributed by atoms with Crippen molar-refractivity contribution in [3.8, 4) is 0 Å². The van der Waals surface area contributed by atoms with Crippen molar-refractivity contribution in [3.05, 3.63) is 65.7 Å². The first kappa shape index (κ1) is 12.0. The van der Waals surface area contributed by atoms with Gasteiger partial charge in [-0.15, -0.1) is 0 Å². The molecule has 2 aromatic rings. The average molecular weight is 263 g/mol. The predicted octanol–water partition coefficient (Wildman–Crippen LogP) is 4.39. The van der Waals surface area contributed by atoms with Crippen molar-refractivity contribution in [2.75, 3.05) is 11.4 Å². The van der Waals surface area contributed by atoms with Crippen molar-refractivity contribution in [1.29, 1.82) is 0 Å². The molecule has 0 unspecified atom stereocenters. The molecule has 1 aliphatic carbocycles. The first-order valence-electron chi connectivity index (χ1n) is 7.83. The van der Waals surface area contributed by atoms with E-state index in [1.54, 1.807) is 11.1 Å². The van der Waals surface area contributed by atoms with Crippen LogP contribution < -0.4 is 4.90 Å². The maximum absolute atomic E-state index is 2.65. The van der Waals surface area contributed by atoms with Gasteiger partial charge in [0.25, 0.3) is 0 Å². The van der Waals surface area contributed by atoms with Crippen molar-refractivity contribution in [2.24, 2.45) is 0 Å². The molecule has 2 aromatic carbocycles. The van der Waals surface area contributed by atoms with Gasteiger partial charge in [0.1, 0.15) is 0 Å². The van der Waals surface area contributed by atoms with Gasteiger partial charge in [-0.3, -0.25) is 0 Å². The van der Waals surface area contributed by atoms with Crippen LogP contribution in [-0.2, 0) is 6.42 Å². The number of anilines is 1. The zero-order valence-electron chi connectivity index (χ0n) is 11.8. The summed E-state index contributed by atoms with van der Waals surface area (Å²) in [4.78, 5) is 2.65. The topological polar surface area (TPSA) is 3.24 Å². The summed E-state index contributed by atoms with van der Waals surface area (Å²) in [6.07, 6.45) is 5.26. The van der Waals surface area contributed by atoms with Crippen LogP contribution in [0.3, 0.4) is 0 Å². The summed E-state index contributed by atoms with van der Waals surface area (Å²) in [6, 6.07) is 20.7. The number of rotatable bonds is 2. The van der Waals surface area contributed by atoms with Crippen LogP contribution in [0.1, 0.15) is 36.3 Å². The van der Waals surface area contributed by atoms with Crippen molar-refractivity contribution in [3.63, 3.8) is 0 Å². The fourth-order valence-corrected chi connectivity index (χ4v) is 4.14. The number of aryl methyl sites for hydroxylation is 1. The molecule has 0 N–H and O–H groups in total. The van der Waals surface area contributed by atoms with Gasteiger partial charge < -0.3 is 4.90 Å². The molecule has 0 spiro atoms. The summed E-state index contributed by atoms with van der Waals surface area (Å²) in [6.45, 7) is 1.22. The fourth-order valence-electron chi connectivity index (χ4n) is 4.14. The summed E-state index contributed by atoms with van der Waals surface area (Å²) >= 11 is 0. The van der Waals surface area contributed by atoms with E-state index in [1.165, 1.54) is 37.9 Å². The molecule has 0 saturated carbocycles. The SMILES string of the molecule is c1ccc(N2CCC[C@H]2[C@@H]2CCc3ccccc32)cc1. The minimum Gasteiger partial charge on any atom is -0.368 e. The Balaban J connectivity index is 1.66. The largest absolute Gasteiger partial charge is 0.368 e. The normalized spacial score (nSPS) is 24.9. The van der Waals surface area contributed by atoms with Crippen LogP contribution in [0.2, 0.25) is 0 Å². The van der Waals surface area contributed by atoms with Gasteiger partial charge in [0, 0.05) is 24.2 Å². The summed E-state index contributed by atoms with van der Waals surface area (Å²) in [5.41, 5.74) is 4.59. The molecular weight excluding hydrogens is 242 g/mol. The first-order valence-corrected chi connectivity index (χ1v) is 7.83. The van der Waals surface area contributed by atoms with Crippen LogP contribution in [0.25, 0.3) is 0 Å². The van der Waals surface area contributed by atoms with E-state index in [4.69, 9.17) is 0 Å². The first-order chi connectivity index (χ1) is 9.93. The minimum absolute atomic E-state index is 0.695. The number of hydrogen-bond donors (Lipinski definition) is 0. The smallest absolute Gasteiger partial charge is 0.0368 e. The lowest BCUT2D eigenvalue weighted by Crippen LogP contribution is -2.33. The molecule has 1 heteroatoms. The summed E-state index contributed by atoms with van der Waals surface area (Å²) in [5.74, 6) is 0.730. The molecule has 0 amide bonds. The van der Waals surface area contributed by atoms with Crippen LogP contribution in [0.15, 0.2) is 54.6 Å². The molecular formula is C19H21N. The molecule has 1 nitrogen and oxygen atoms in total. The van der Waals surface area contributed by atoms with Gasteiger partial charge in [-0.25, -0.2) is 0 Å². The van der Waals surface area contributed by atoms with E-state index in [0.29, 0.717) is 6.04 Å². The standard InChI is InChI=1S/C19H21N/c1-2-8-16(9-3-1)20-14-6-11-19(20)18-13-12-15-7-4-5-10-17(15)18/h1-5,7-10,18-19H,6,11-14H2/t18-,19+/m1/s1. The molecule has 1 aliphatic heterocycles. The Kier molecular flexibility index (Phi) is 2.99. The third-order valence-corrected chi connectivity index (χ3v) is 5.03. The second-order valence-electron chi connectivity index (χ2n) is 6.08. The van der Waals surface area contributed by atoms with E-state index in [1.807, 2.05) is 0 Å². The van der Waals surface area contributed by atoms with Gasteiger partial charge in [-0.05, 0) is 48.9 Å². The van der Waals surface area contributed by atoms with Crippen LogP contribution in [-0.4, -0.2) is 12.6 Å². The molecule has 2 atom stereocenters. The zero-order valence-corrected chi connectivity index (χ0v) is 11.8. The third-order valence-electron chi connectivity index (χ3n) is 5.03. The molecule has 0 radical (unpaired) electrons. The van der Waals surface area contributed by atoms with Gasteiger partial charge in [0.2, 0.25) is 0 Å². The highest BCUT2D eigenvalue weighted by Gasteiger charge is 2.35. The Bertz CT molecular complexity index is 590. The van der Waals surface area contributed by atoms with Crippen molar-refractivity contribution < 1.29 is 0 Å². The zero-order chi connectivity index (χ0) is 13.4.